The Bertz CT molecular complexity index is 1340. The van der Waals surface area contributed by atoms with E-state index in [4.69, 9.17) is 4.74 Å². The van der Waals surface area contributed by atoms with Crippen molar-refractivity contribution in [2.24, 2.45) is 0 Å². The molecule has 166 valence electrons. The number of nitrogens with one attached hydrogen (secondary N) is 2. The summed E-state index contributed by atoms with van der Waals surface area (Å²) in [4.78, 5) is 0.266. The zero-order valence-corrected chi connectivity index (χ0v) is 18.8. The predicted octanol–water partition coefficient (Wildman–Crippen LogP) is 5.46. The first-order valence-electron chi connectivity index (χ1n) is 10.8. The van der Waals surface area contributed by atoms with E-state index in [0.717, 1.165) is 33.9 Å². The quantitative estimate of drug-likeness (QED) is 0.404. The zero-order valence-electron chi connectivity index (χ0n) is 17.9. The van der Waals surface area contributed by atoms with E-state index in [1.54, 1.807) is 30.3 Å². The van der Waals surface area contributed by atoms with Crippen molar-refractivity contribution in [3.8, 4) is 22.6 Å². The first-order chi connectivity index (χ1) is 16.1. The SMILES string of the molecule is O=S(=O)(NC1CNc2c(cc(-c3ccccc3)cc2Oc2ccccc2)C1)c1ccccc1. The Morgan fingerprint density at radius 3 is 2.12 bits per heavy atom. The van der Waals surface area contributed by atoms with Crippen LogP contribution in [-0.2, 0) is 16.4 Å². The van der Waals surface area contributed by atoms with Gasteiger partial charge >= 0.3 is 0 Å². The molecule has 1 heterocycles. The minimum absolute atomic E-state index is 0.266. The van der Waals surface area contributed by atoms with E-state index in [0.29, 0.717) is 13.0 Å². The Morgan fingerprint density at radius 2 is 1.42 bits per heavy atom. The topological polar surface area (TPSA) is 67.4 Å². The molecule has 0 aromatic heterocycles. The zero-order chi connectivity index (χ0) is 22.7. The Kier molecular flexibility index (Phi) is 5.86. The van der Waals surface area contributed by atoms with Crippen molar-refractivity contribution in [2.75, 3.05) is 11.9 Å². The maximum absolute atomic E-state index is 12.8. The fourth-order valence-electron chi connectivity index (χ4n) is 4.06. The van der Waals surface area contributed by atoms with Gasteiger partial charge in [0, 0.05) is 12.6 Å². The van der Waals surface area contributed by atoms with Gasteiger partial charge in [-0.1, -0.05) is 66.7 Å². The highest BCUT2D eigenvalue weighted by atomic mass is 32.2. The molecule has 1 aliphatic heterocycles. The third-order valence-electron chi connectivity index (χ3n) is 5.63. The monoisotopic (exact) mass is 456 g/mol. The number of rotatable bonds is 6. The van der Waals surface area contributed by atoms with Crippen molar-refractivity contribution >= 4 is 15.7 Å². The van der Waals surface area contributed by atoms with Gasteiger partial charge in [-0.2, -0.15) is 0 Å². The van der Waals surface area contributed by atoms with Crippen molar-refractivity contribution in [3.05, 3.63) is 109 Å². The van der Waals surface area contributed by atoms with E-state index in [1.807, 2.05) is 54.6 Å². The van der Waals surface area contributed by atoms with E-state index >= 15 is 0 Å². The molecule has 2 N–H and O–H groups in total. The molecule has 0 saturated carbocycles. The Morgan fingerprint density at radius 1 is 0.788 bits per heavy atom. The van der Waals surface area contributed by atoms with Crippen LogP contribution in [0.15, 0.2) is 108 Å². The van der Waals surface area contributed by atoms with Crippen LogP contribution in [0.1, 0.15) is 5.56 Å². The Balaban J connectivity index is 1.48. The third-order valence-corrected chi connectivity index (χ3v) is 7.17. The van der Waals surface area contributed by atoms with Crippen molar-refractivity contribution in [2.45, 2.75) is 17.4 Å². The molecule has 0 spiro atoms. The molecule has 33 heavy (non-hydrogen) atoms. The standard InChI is InChI=1S/C27H24N2O3S/c30-33(31,25-14-8-3-9-15-25)29-23-17-22-16-21(20-10-4-1-5-11-20)18-26(27(22)28-19-23)32-24-12-6-2-7-13-24/h1-16,18,23,28-29H,17,19H2. The summed E-state index contributed by atoms with van der Waals surface area (Å²) in [6.07, 6.45) is 0.556. The van der Waals surface area contributed by atoms with Crippen molar-refractivity contribution in [1.29, 1.82) is 0 Å². The van der Waals surface area contributed by atoms with Crippen LogP contribution in [-0.4, -0.2) is 21.0 Å². The van der Waals surface area contributed by atoms with Crippen LogP contribution >= 0.6 is 0 Å². The number of benzene rings is 4. The van der Waals surface area contributed by atoms with Gasteiger partial charge in [-0.25, -0.2) is 13.1 Å². The van der Waals surface area contributed by atoms with Crippen LogP contribution in [0.5, 0.6) is 11.5 Å². The van der Waals surface area contributed by atoms with Gasteiger partial charge in [0.05, 0.1) is 10.6 Å². The molecule has 6 heteroatoms. The second-order valence-electron chi connectivity index (χ2n) is 8.01. The van der Waals surface area contributed by atoms with Gasteiger partial charge in [-0.05, 0) is 59.5 Å². The van der Waals surface area contributed by atoms with Crippen LogP contribution in [0.3, 0.4) is 0 Å². The van der Waals surface area contributed by atoms with Crippen LogP contribution < -0.4 is 14.8 Å². The van der Waals surface area contributed by atoms with E-state index < -0.39 is 10.0 Å². The lowest BCUT2D eigenvalue weighted by atomic mass is 9.94. The molecule has 1 unspecified atom stereocenters. The fourth-order valence-corrected chi connectivity index (χ4v) is 5.32. The maximum Gasteiger partial charge on any atom is 0.240 e. The molecule has 4 aromatic carbocycles. The predicted molar refractivity (Wildman–Crippen MR) is 131 cm³/mol. The smallest absolute Gasteiger partial charge is 0.240 e. The minimum Gasteiger partial charge on any atom is -0.455 e. The van der Waals surface area contributed by atoms with Gasteiger partial charge < -0.3 is 10.1 Å². The lowest BCUT2D eigenvalue weighted by Crippen LogP contribution is -2.43. The van der Waals surface area contributed by atoms with Gasteiger partial charge in [0.2, 0.25) is 10.0 Å². The molecule has 1 atom stereocenters. The second kappa shape index (κ2) is 9.10. The Hall–Kier alpha value is -3.61. The van der Waals surface area contributed by atoms with Gasteiger partial charge in [0.1, 0.15) is 5.75 Å². The lowest BCUT2D eigenvalue weighted by Gasteiger charge is -2.29. The van der Waals surface area contributed by atoms with Crippen LogP contribution in [0.4, 0.5) is 5.69 Å². The number of anilines is 1. The van der Waals surface area contributed by atoms with Gasteiger partial charge in [0.25, 0.3) is 0 Å². The fraction of sp³-hybridized carbons (Fsp3) is 0.111. The molecule has 0 radical (unpaired) electrons. The minimum atomic E-state index is -3.60. The molecular formula is C27H24N2O3S. The molecule has 0 saturated heterocycles. The van der Waals surface area contributed by atoms with Crippen molar-refractivity contribution in [3.63, 3.8) is 0 Å². The molecule has 0 fully saturated rings. The van der Waals surface area contributed by atoms with E-state index in [1.165, 1.54) is 0 Å². The summed E-state index contributed by atoms with van der Waals surface area (Å²) in [5.74, 6) is 1.47. The van der Waals surface area contributed by atoms with Gasteiger partial charge in [0.15, 0.2) is 5.75 Å². The molecule has 5 nitrogen and oxygen atoms in total. The van der Waals surface area contributed by atoms with Crippen molar-refractivity contribution < 1.29 is 13.2 Å². The number of hydrogen-bond donors (Lipinski definition) is 2. The number of sulfonamides is 1. The highest BCUT2D eigenvalue weighted by Gasteiger charge is 2.27. The summed E-state index contributed by atoms with van der Waals surface area (Å²) in [6, 6.07) is 32.1. The molecule has 1 aliphatic rings. The normalized spacial score (nSPS) is 15.3. The number of ether oxygens (including phenoxy) is 1. The summed E-state index contributed by atoms with van der Waals surface area (Å²) < 4.78 is 34.8. The lowest BCUT2D eigenvalue weighted by molar-refractivity contribution is 0.480. The molecule has 5 rings (SSSR count). The average Bonchev–Trinajstić information content (AvgIpc) is 2.85. The number of hydrogen-bond acceptors (Lipinski definition) is 4. The number of para-hydroxylation sites is 1. The molecular weight excluding hydrogens is 432 g/mol. The summed E-state index contributed by atoms with van der Waals surface area (Å²) in [5.41, 5.74) is 4.00. The highest BCUT2D eigenvalue weighted by Crippen LogP contribution is 2.39. The molecule has 0 bridgehead atoms. The molecule has 4 aromatic rings. The summed E-state index contributed by atoms with van der Waals surface area (Å²) in [6.45, 7) is 0.467. The summed E-state index contributed by atoms with van der Waals surface area (Å²) >= 11 is 0. The van der Waals surface area contributed by atoms with E-state index in [-0.39, 0.29) is 10.9 Å². The third kappa shape index (κ3) is 4.77. The Labute approximate surface area is 194 Å². The van der Waals surface area contributed by atoms with E-state index in [2.05, 4.69) is 28.2 Å². The van der Waals surface area contributed by atoms with Crippen LogP contribution in [0.2, 0.25) is 0 Å². The summed E-state index contributed by atoms with van der Waals surface area (Å²) in [7, 11) is -3.60. The second-order valence-corrected chi connectivity index (χ2v) is 9.72. The van der Waals surface area contributed by atoms with Crippen molar-refractivity contribution in [1.82, 2.24) is 4.72 Å². The van der Waals surface area contributed by atoms with Crippen LogP contribution in [0, 0.1) is 0 Å². The van der Waals surface area contributed by atoms with E-state index in [9.17, 15) is 8.42 Å². The largest absolute Gasteiger partial charge is 0.455 e. The summed E-state index contributed by atoms with van der Waals surface area (Å²) in [5, 5.41) is 3.40. The van der Waals surface area contributed by atoms with Gasteiger partial charge in [-0.15, -0.1) is 0 Å². The highest BCUT2D eigenvalue weighted by molar-refractivity contribution is 7.89. The first-order valence-corrected chi connectivity index (χ1v) is 12.3. The maximum atomic E-state index is 12.8. The average molecular weight is 457 g/mol. The first kappa shape index (κ1) is 21.2. The molecule has 0 amide bonds. The number of fused-ring (bicyclic) bond motifs is 1. The molecule has 0 aliphatic carbocycles. The van der Waals surface area contributed by atoms with Crippen LogP contribution in [0.25, 0.3) is 11.1 Å². The van der Waals surface area contributed by atoms with Gasteiger partial charge in [-0.3, -0.25) is 0 Å².